The fourth-order valence-corrected chi connectivity index (χ4v) is 2.63. The van der Waals surface area contributed by atoms with Crippen LogP contribution >= 0.6 is 0 Å². The number of carboxylic acid groups (broad SMARTS) is 1. The van der Waals surface area contributed by atoms with Gasteiger partial charge in [0, 0.05) is 5.69 Å². The van der Waals surface area contributed by atoms with E-state index in [0.717, 1.165) is 5.56 Å². The predicted octanol–water partition coefficient (Wildman–Crippen LogP) is 4.13. The first kappa shape index (κ1) is 21.4. The molecule has 0 bridgehead atoms. The number of benzene rings is 3. The number of hydrazone groups is 1. The summed E-state index contributed by atoms with van der Waals surface area (Å²) in [5, 5.41) is 15.5. The minimum absolute atomic E-state index is 0.219. The maximum absolute atomic E-state index is 11.8. The molecule has 2 amide bonds. The predicted molar refractivity (Wildman–Crippen MR) is 117 cm³/mol. The Labute approximate surface area is 179 Å². The van der Waals surface area contributed by atoms with E-state index in [1.54, 1.807) is 42.5 Å². The van der Waals surface area contributed by atoms with E-state index in [1.807, 2.05) is 18.2 Å². The fraction of sp³-hybridized carbons (Fsp3) is 0.0870. The lowest BCUT2D eigenvalue weighted by molar-refractivity contribution is 0.0697. The molecule has 0 aliphatic rings. The smallest absolute Gasteiger partial charge is 0.339 e. The molecule has 8 heteroatoms. The van der Waals surface area contributed by atoms with Crippen LogP contribution < -0.4 is 20.2 Å². The van der Waals surface area contributed by atoms with Gasteiger partial charge >= 0.3 is 12.0 Å². The Hall–Kier alpha value is -4.33. The summed E-state index contributed by atoms with van der Waals surface area (Å²) < 4.78 is 11.1. The average Bonchev–Trinajstić information content (AvgIpc) is 2.79. The number of hydrogen-bond donors (Lipinski definition) is 3. The Kier molecular flexibility index (Phi) is 7.21. The number of rotatable bonds is 8. The Bertz CT molecular complexity index is 1070. The van der Waals surface area contributed by atoms with Crippen LogP contribution in [0.3, 0.4) is 0 Å². The number of urea groups is 1. The van der Waals surface area contributed by atoms with E-state index in [-0.39, 0.29) is 12.2 Å². The molecule has 31 heavy (non-hydrogen) atoms. The molecule has 0 saturated carbocycles. The third-order valence-electron chi connectivity index (χ3n) is 4.19. The van der Waals surface area contributed by atoms with Gasteiger partial charge in [0.2, 0.25) is 0 Å². The molecule has 0 fully saturated rings. The van der Waals surface area contributed by atoms with Gasteiger partial charge in [-0.25, -0.2) is 15.0 Å². The summed E-state index contributed by atoms with van der Waals surface area (Å²) in [5.41, 5.74) is 4.81. The van der Waals surface area contributed by atoms with Crippen LogP contribution in [0.2, 0.25) is 0 Å². The van der Waals surface area contributed by atoms with Gasteiger partial charge in [-0.2, -0.15) is 5.10 Å². The van der Waals surface area contributed by atoms with E-state index < -0.39 is 12.0 Å². The summed E-state index contributed by atoms with van der Waals surface area (Å²) in [7, 11) is 1.52. The van der Waals surface area contributed by atoms with Crippen molar-refractivity contribution in [1.82, 2.24) is 5.43 Å². The number of methoxy groups -OCH3 is 1. The van der Waals surface area contributed by atoms with Gasteiger partial charge in [0.15, 0.2) is 11.5 Å². The van der Waals surface area contributed by atoms with E-state index >= 15 is 0 Å². The number of carbonyl (C=O) groups excluding carboxylic acids is 1. The zero-order valence-corrected chi connectivity index (χ0v) is 16.7. The van der Waals surface area contributed by atoms with Gasteiger partial charge in [-0.05, 0) is 53.6 Å². The second-order valence-electron chi connectivity index (χ2n) is 6.39. The first-order chi connectivity index (χ1) is 15.0. The molecule has 0 aromatic heterocycles. The van der Waals surface area contributed by atoms with Crippen LogP contribution in [-0.2, 0) is 6.61 Å². The van der Waals surface area contributed by atoms with Crippen molar-refractivity contribution in [2.75, 3.05) is 12.4 Å². The molecular formula is C23H21N3O5. The SMILES string of the molecule is COc1cc(/C=N/NC(=O)Nc2ccccc2)ccc1OCc1ccc(C(=O)O)cc1. The summed E-state index contributed by atoms with van der Waals surface area (Å²) in [4.78, 5) is 22.8. The van der Waals surface area contributed by atoms with Crippen LogP contribution in [0.1, 0.15) is 21.5 Å². The number of ether oxygens (including phenoxy) is 2. The van der Waals surface area contributed by atoms with Crippen LogP contribution in [-0.4, -0.2) is 30.4 Å². The van der Waals surface area contributed by atoms with Gasteiger partial charge in [-0.1, -0.05) is 30.3 Å². The Morgan fingerprint density at radius 3 is 2.42 bits per heavy atom. The first-order valence-electron chi connectivity index (χ1n) is 9.33. The number of anilines is 1. The number of amides is 2. The average molecular weight is 419 g/mol. The zero-order chi connectivity index (χ0) is 22.1. The van der Waals surface area contributed by atoms with Crippen molar-refractivity contribution in [3.8, 4) is 11.5 Å². The summed E-state index contributed by atoms with van der Waals surface area (Å²) in [5.74, 6) is 0.0509. The Balaban J connectivity index is 1.56. The molecule has 0 aliphatic carbocycles. The number of aromatic carboxylic acids is 1. The van der Waals surface area contributed by atoms with E-state index in [1.165, 1.54) is 25.5 Å². The normalized spacial score (nSPS) is 10.5. The molecule has 3 rings (SSSR count). The highest BCUT2D eigenvalue weighted by Crippen LogP contribution is 2.28. The van der Waals surface area contributed by atoms with Crippen molar-refractivity contribution in [1.29, 1.82) is 0 Å². The molecule has 3 aromatic rings. The van der Waals surface area contributed by atoms with Gasteiger partial charge in [0.25, 0.3) is 0 Å². The fourth-order valence-electron chi connectivity index (χ4n) is 2.63. The molecule has 3 N–H and O–H groups in total. The van der Waals surface area contributed by atoms with Crippen LogP contribution in [0.25, 0.3) is 0 Å². The van der Waals surface area contributed by atoms with Crippen LogP contribution in [0.15, 0.2) is 77.9 Å². The van der Waals surface area contributed by atoms with Crippen LogP contribution in [0, 0.1) is 0 Å². The van der Waals surface area contributed by atoms with Gasteiger partial charge in [-0.15, -0.1) is 0 Å². The Morgan fingerprint density at radius 1 is 1.00 bits per heavy atom. The third-order valence-corrected chi connectivity index (χ3v) is 4.19. The lowest BCUT2D eigenvalue weighted by Gasteiger charge is -2.11. The number of carboxylic acids is 1. The maximum atomic E-state index is 11.8. The van der Waals surface area contributed by atoms with Crippen LogP contribution in [0.4, 0.5) is 10.5 Å². The molecule has 0 heterocycles. The van der Waals surface area contributed by atoms with Crippen LogP contribution in [0.5, 0.6) is 11.5 Å². The van der Waals surface area contributed by atoms with E-state index in [0.29, 0.717) is 22.7 Å². The number of nitrogens with zero attached hydrogens (tertiary/aromatic N) is 1. The molecule has 0 saturated heterocycles. The van der Waals surface area contributed by atoms with Gasteiger partial charge in [0.1, 0.15) is 6.61 Å². The van der Waals surface area contributed by atoms with Crippen molar-refractivity contribution in [3.05, 3.63) is 89.5 Å². The van der Waals surface area contributed by atoms with Crippen molar-refractivity contribution in [2.45, 2.75) is 6.61 Å². The molecule has 158 valence electrons. The molecule has 0 spiro atoms. The number of nitrogens with one attached hydrogen (secondary N) is 2. The van der Waals surface area contributed by atoms with Crippen molar-refractivity contribution in [2.24, 2.45) is 5.10 Å². The molecule has 0 aliphatic heterocycles. The molecule has 0 unspecified atom stereocenters. The second-order valence-corrected chi connectivity index (χ2v) is 6.39. The van der Waals surface area contributed by atoms with E-state index in [9.17, 15) is 9.59 Å². The lowest BCUT2D eigenvalue weighted by Crippen LogP contribution is -2.24. The molecule has 0 atom stereocenters. The van der Waals surface area contributed by atoms with Crippen molar-refractivity contribution >= 4 is 23.9 Å². The van der Waals surface area contributed by atoms with Gasteiger partial charge in [0.05, 0.1) is 18.9 Å². The summed E-state index contributed by atoms with van der Waals surface area (Å²) in [6.45, 7) is 0.255. The highest BCUT2D eigenvalue weighted by Gasteiger charge is 2.07. The standard InChI is InChI=1S/C23H21N3O5/c1-30-21-13-17(14-24-26-23(29)25-19-5-3-2-4-6-19)9-12-20(21)31-15-16-7-10-18(11-8-16)22(27)28/h2-14H,15H2,1H3,(H,27,28)(H2,25,26,29)/b24-14+. The Morgan fingerprint density at radius 2 is 1.74 bits per heavy atom. The second kappa shape index (κ2) is 10.4. The highest BCUT2D eigenvalue weighted by molar-refractivity contribution is 5.90. The lowest BCUT2D eigenvalue weighted by atomic mass is 10.1. The number of para-hydroxylation sites is 1. The zero-order valence-electron chi connectivity index (χ0n) is 16.7. The maximum Gasteiger partial charge on any atom is 0.339 e. The number of hydrogen-bond acceptors (Lipinski definition) is 5. The van der Waals surface area contributed by atoms with Gasteiger partial charge < -0.3 is 19.9 Å². The summed E-state index contributed by atoms with van der Waals surface area (Å²) in [6, 6.07) is 20.3. The van der Waals surface area contributed by atoms with Crippen molar-refractivity contribution < 1.29 is 24.2 Å². The largest absolute Gasteiger partial charge is 0.493 e. The highest BCUT2D eigenvalue weighted by atomic mass is 16.5. The number of carbonyl (C=O) groups is 2. The van der Waals surface area contributed by atoms with E-state index in [2.05, 4.69) is 15.8 Å². The molecule has 8 nitrogen and oxygen atoms in total. The molecular weight excluding hydrogens is 398 g/mol. The van der Waals surface area contributed by atoms with Gasteiger partial charge in [-0.3, -0.25) is 0 Å². The third kappa shape index (κ3) is 6.33. The summed E-state index contributed by atoms with van der Waals surface area (Å²) in [6.07, 6.45) is 1.49. The monoisotopic (exact) mass is 419 g/mol. The van der Waals surface area contributed by atoms with Crippen molar-refractivity contribution in [3.63, 3.8) is 0 Å². The minimum Gasteiger partial charge on any atom is -0.493 e. The first-order valence-corrected chi connectivity index (χ1v) is 9.33. The quantitative estimate of drug-likeness (QED) is 0.376. The summed E-state index contributed by atoms with van der Waals surface area (Å²) >= 11 is 0. The molecule has 0 radical (unpaired) electrons. The van der Waals surface area contributed by atoms with E-state index in [4.69, 9.17) is 14.6 Å². The molecule has 3 aromatic carbocycles. The topological polar surface area (TPSA) is 109 Å². The minimum atomic E-state index is -0.974.